The number of piperidine rings is 1. The lowest BCUT2D eigenvalue weighted by molar-refractivity contribution is 0.0701. The first-order valence-electron chi connectivity index (χ1n) is 10.0. The molecule has 1 fully saturated rings. The number of aromatic nitrogens is 2. The van der Waals surface area contributed by atoms with Crippen LogP contribution in [-0.4, -0.2) is 48.3 Å². The van der Waals surface area contributed by atoms with Crippen LogP contribution in [0.3, 0.4) is 0 Å². The van der Waals surface area contributed by atoms with Crippen molar-refractivity contribution in [3.05, 3.63) is 59.5 Å². The molecule has 0 aliphatic carbocycles. The minimum atomic E-state index is -0.0428. The van der Waals surface area contributed by atoms with Gasteiger partial charge in [0.25, 0.3) is 5.91 Å². The normalized spacial score (nSPS) is 14.6. The molecule has 0 unspecified atom stereocenters. The molecule has 0 N–H and O–H groups in total. The summed E-state index contributed by atoms with van der Waals surface area (Å²) < 4.78 is 16.1. The Hall–Kier alpha value is -3.35. The first kappa shape index (κ1) is 19.9. The maximum Gasteiger partial charge on any atom is 0.257 e. The fraction of sp³-hybridized carbons (Fsp3) is 0.348. The van der Waals surface area contributed by atoms with Crippen molar-refractivity contribution in [2.75, 3.05) is 27.3 Å². The monoisotopic (exact) mass is 407 g/mol. The third kappa shape index (κ3) is 4.01. The fourth-order valence-corrected chi connectivity index (χ4v) is 3.70. The van der Waals surface area contributed by atoms with E-state index in [1.54, 1.807) is 32.4 Å². The Balaban J connectivity index is 1.42. The zero-order valence-corrected chi connectivity index (χ0v) is 17.4. The average molecular weight is 407 g/mol. The van der Waals surface area contributed by atoms with Crippen LogP contribution < -0.4 is 9.47 Å². The van der Waals surface area contributed by atoms with Gasteiger partial charge in [0.05, 0.1) is 19.8 Å². The van der Waals surface area contributed by atoms with E-state index in [2.05, 4.69) is 10.1 Å². The summed E-state index contributed by atoms with van der Waals surface area (Å²) >= 11 is 0. The first-order chi connectivity index (χ1) is 14.6. The Morgan fingerprint density at radius 2 is 1.80 bits per heavy atom. The number of amides is 1. The maximum atomic E-state index is 13.0. The molecule has 0 radical (unpaired) electrons. The Kier molecular flexibility index (Phi) is 5.70. The highest BCUT2D eigenvalue weighted by atomic mass is 16.5. The number of hydrogen-bond donors (Lipinski definition) is 0. The van der Waals surface area contributed by atoms with Gasteiger partial charge in [0.2, 0.25) is 11.7 Å². The third-order valence-corrected chi connectivity index (χ3v) is 5.52. The minimum Gasteiger partial charge on any atom is -0.497 e. The van der Waals surface area contributed by atoms with E-state index >= 15 is 0 Å². The smallest absolute Gasteiger partial charge is 0.257 e. The van der Waals surface area contributed by atoms with Gasteiger partial charge in [-0.2, -0.15) is 4.98 Å². The van der Waals surface area contributed by atoms with Gasteiger partial charge in [-0.15, -0.1) is 0 Å². The van der Waals surface area contributed by atoms with Crippen LogP contribution in [0.15, 0.2) is 47.0 Å². The molecule has 7 heteroatoms. The summed E-state index contributed by atoms with van der Waals surface area (Å²) in [5, 5.41) is 4.14. The lowest BCUT2D eigenvalue weighted by atomic mass is 9.96. The van der Waals surface area contributed by atoms with Crippen LogP contribution in [0, 0.1) is 6.92 Å². The molecule has 1 aliphatic heterocycles. The van der Waals surface area contributed by atoms with E-state index in [-0.39, 0.29) is 11.8 Å². The number of methoxy groups -OCH3 is 2. The Morgan fingerprint density at radius 1 is 1.07 bits per heavy atom. The lowest BCUT2D eigenvalue weighted by Crippen LogP contribution is -2.38. The SMILES string of the molecule is COc1ccc(C(=O)N2CCC(c3nc(-c4ccc(C)cc4)no3)CC2)c(OC)c1. The molecule has 1 saturated heterocycles. The molecule has 0 spiro atoms. The summed E-state index contributed by atoms with van der Waals surface area (Å²) in [7, 11) is 3.14. The zero-order chi connectivity index (χ0) is 21.1. The van der Waals surface area contributed by atoms with E-state index in [9.17, 15) is 4.79 Å². The Morgan fingerprint density at radius 3 is 2.47 bits per heavy atom. The topological polar surface area (TPSA) is 77.7 Å². The van der Waals surface area contributed by atoms with Gasteiger partial charge >= 0.3 is 0 Å². The highest BCUT2D eigenvalue weighted by molar-refractivity contribution is 5.97. The second kappa shape index (κ2) is 8.57. The summed E-state index contributed by atoms with van der Waals surface area (Å²) in [6.45, 7) is 3.30. The van der Waals surface area contributed by atoms with Crippen LogP contribution in [-0.2, 0) is 0 Å². The number of likely N-dealkylation sites (tertiary alicyclic amines) is 1. The highest BCUT2D eigenvalue weighted by Crippen LogP contribution is 2.31. The number of carbonyl (C=O) groups excluding carboxylic acids is 1. The number of hydrogen-bond acceptors (Lipinski definition) is 6. The van der Waals surface area contributed by atoms with Crippen LogP contribution in [0.2, 0.25) is 0 Å². The van der Waals surface area contributed by atoms with Crippen molar-refractivity contribution in [2.45, 2.75) is 25.7 Å². The van der Waals surface area contributed by atoms with Gasteiger partial charge in [-0.05, 0) is 31.9 Å². The van der Waals surface area contributed by atoms with Crippen LogP contribution in [0.4, 0.5) is 0 Å². The summed E-state index contributed by atoms with van der Waals surface area (Å²) in [5.74, 6) is 2.52. The predicted octanol–water partition coefficient (Wildman–Crippen LogP) is 4.08. The van der Waals surface area contributed by atoms with Crippen molar-refractivity contribution in [3.8, 4) is 22.9 Å². The molecule has 0 bridgehead atoms. The van der Waals surface area contributed by atoms with Crippen LogP contribution >= 0.6 is 0 Å². The van der Waals surface area contributed by atoms with Crippen molar-refractivity contribution in [2.24, 2.45) is 0 Å². The van der Waals surface area contributed by atoms with E-state index in [1.807, 2.05) is 36.1 Å². The molecule has 3 aromatic rings. The number of ether oxygens (including phenoxy) is 2. The maximum absolute atomic E-state index is 13.0. The number of carbonyl (C=O) groups is 1. The summed E-state index contributed by atoms with van der Waals surface area (Å²) in [6.07, 6.45) is 1.56. The second-order valence-electron chi connectivity index (χ2n) is 7.45. The van der Waals surface area contributed by atoms with E-state index in [1.165, 1.54) is 5.56 Å². The van der Waals surface area contributed by atoms with Gasteiger partial charge in [0, 0.05) is 30.6 Å². The molecule has 30 heavy (non-hydrogen) atoms. The van der Waals surface area contributed by atoms with E-state index in [4.69, 9.17) is 14.0 Å². The standard InChI is InChI=1S/C23H25N3O4/c1-15-4-6-16(7-5-15)21-24-22(30-25-21)17-10-12-26(13-11-17)23(27)19-9-8-18(28-2)14-20(19)29-3/h4-9,14,17H,10-13H2,1-3H3. The van der Waals surface area contributed by atoms with Gasteiger partial charge in [-0.1, -0.05) is 35.0 Å². The van der Waals surface area contributed by atoms with Crippen LogP contribution in [0.5, 0.6) is 11.5 Å². The molecule has 1 aliphatic rings. The molecule has 1 amide bonds. The van der Waals surface area contributed by atoms with Gasteiger partial charge in [0.1, 0.15) is 11.5 Å². The molecule has 7 nitrogen and oxygen atoms in total. The van der Waals surface area contributed by atoms with Crippen molar-refractivity contribution in [1.82, 2.24) is 15.0 Å². The minimum absolute atomic E-state index is 0.0428. The summed E-state index contributed by atoms with van der Waals surface area (Å²) in [6, 6.07) is 13.3. The predicted molar refractivity (Wildman–Crippen MR) is 112 cm³/mol. The van der Waals surface area contributed by atoms with Crippen molar-refractivity contribution in [1.29, 1.82) is 0 Å². The van der Waals surface area contributed by atoms with Crippen LogP contribution in [0.1, 0.15) is 40.6 Å². The quantitative estimate of drug-likeness (QED) is 0.634. The number of rotatable bonds is 5. The molecule has 0 atom stereocenters. The van der Waals surface area contributed by atoms with E-state index < -0.39 is 0 Å². The molecule has 2 aromatic carbocycles. The van der Waals surface area contributed by atoms with Crippen LogP contribution in [0.25, 0.3) is 11.4 Å². The van der Waals surface area contributed by atoms with Crippen molar-refractivity contribution < 1.29 is 18.8 Å². The molecule has 1 aromatic heterocycles. The van der Waals surface area contributed by atoms with Crippen molar-refractivity contribution in [3.63, 3.8) is 0 Å². The molecule has 4 rings (SSSR count). The lowest BCUT2D eigenvalue weighted by Gasteiger charge is -2.30. The summed E-state index contributed by atoms with van der Waals surface area (Å²) in [5.41, 5.74) is 2.67. The van der Waals surface area contributed by atoms with Crippen molar-refractivity contribution >= 4 is 5.91 Å². The first-order valence-corrected chi connectivity index (χ1v) is 10.0. The molecular weight excluding hydrogens is 382 g/mol. The fourth-order valence-electron chi connectivity index (χ4n) is 3.70. The molecule has 0 saturated carbocycles. The number of benzene rings is 2. The van der Waals surface area contributed by atoms with Gasteiger partial charge in [0.15, 0.2) is 0 Å². The van der Waals surface area contributed by atoms with E-state index in [0.717, 1.165) is 18.4 Å². The summed E-state index contributed by atoms with van der Waals surface area (Å²) in [4.78, 5) is 19.4. The highest BCUT2D eigenvalue weighted by Gasteiger charge is 2.29. The van der Waals surface area contributed by atoms with E-state index in [0.29, 0.717) is 41.9 Å². The zero-order valence-electron chi connectivity index (χ0n) is 17.4. The van der Waals surface area contributed by atoms with Gasteiger partial charge < -0.3 is 18.9 Å². The van der Waals surface area contributed by atoms with Gasteiger partial charge in [-0.3, -0.25) is 4.79 Å². The van der Waals surface area contributed by atoms with Gasteiger partial charge in [-0.25, -0.2) is 0 Å². The Bertz CT molecular complexity index is 1020. The second-order valence-corrected chi connectivity index (χ2v) is 7.45. The third-order valence-electron chi connectivity index (χ3n) is 5.52. The largest absolute Gasteiger partial charge is 0.497 e. The molecular formula is C23H25N3O4. The average Bonchev–Trinajstić information content (AvgIpc) is 3.29. The number of nitrogens with zero attached hydrogens (tertiary/aromatic N) is 3. The molecule has 2 heterocycles. The Labute approximate surface area is 175 Å². The molecule has 156 valence electrons. The number of aryl methyl sites for hydroxylation is 1.